The molecule has 2 atom stereocenters. The second kappa shape index (κ2) is 5.14. The first-order valence-electron chi connectivity index (χ1n) is 5.50. The molecular formula is C11H19NO3. The maximum absolute atomic E-state index is 11.6. The number of nitrogens with zero attached hydrogens (tertiary/aromatic N) is 1. The molecule has 0 bridgehead atoms. The van der Waals surface area contributed by atoms with Gasteiger partial charge >= 0.3 is 11.9 Å². The molecule has 1 aliphatic heterocycles. The molecule has 0 radical (unpaired) electrons. The van der Waals surface area contributed by atoms with E-state index in [4.69, 9.17) is 4.74 Å². The van der Waals surface area contributed by atoms with Crippen molar-refractivity contribution in [2.75, 3.05) is 19.7 Å². The Morgan fingerprint density at radius 3 is 2.27 bits per heavy atom. The Kier molecular flexibility index (Phi) is 4.12. The predicted molar refractivity (Wildman–Crippen MR) is 56.2 cm³/mol. The lowest BCUT2D eigenvalue weighted by atomic mass is 9.92. The number of rotatable bonds is 1. The highest BCUT2D eigenvalue weighted by Crippen LogP contribution is 2.20. The smallest absolute Gasteiger partial charge is 0.397 e. The van der Waals surface area contributed by atoms with Gasteiger partial charge in [-0.1, -0.05) is 13.8 Å². The molecule has 0 aromatic heterocycles. The molecule has 0 unspecified atom stereocenters. The van der Waals surface area contributed by atoms with E-state index in [1.165, 1.54) is 0 Å². The summed E-state index contributed by atoms with van der Waals surface area (Å²) in [7, 11) is 0. The van der Waals surface area contributed by atoms with Gasteiger partial charge in [-0.15, -0.1) is 0 Å². The van der Waals surface area contributed by atoms with Crippen LogP contribution in [0.2, 0.25) is 0 Å². The van der Waals surface area contributed by atoms with E-state index in [-0.39, 0.29) is 6.61 Å². The maximum Gasteiger partial charge on any atom is 0.397 e. The lowest BCUT2D eigenvalue weighted by Gasteiger charge is -2.34. The monoisotopic (exact) mass is 213 g/mol. The summed E-state index contributed by atoms with van der Waals surface area (Å²) < 4.78 is 4.70. The molecule has 0 saturated carbocycles. The van der Waals surface area contributed by atoms with Crippen LogP contribution in [0.5, 0.6) is 0 Å². The van der Waals surface area contributed by atoms with Gasteiger partial charge in [0.15, 0.2) is 0 Å². The van der Waals surface area contributed by atoms with Crippen LogP contribution in [0.25, 0.3) is 0 Å². The molecule has 0 aromatic carbocycles. The first-order valence-corrected chi connectivity index (χ1v) is 5.50. The van der Waals surface area contributed by atoms with Crippen molar-refractivity contribution in [3.05, 3.63) is 0 Å². The highest BCUT2D eigenvalue weighted by molar-refractivity contribution is 6.32. The summed E-state index contributed by atoms with van der Waals surface area (Å²) in [5.41, 5.74) is 0. The van der Waals surface area contributed by atoms with Crippen LogP contribution < -0.4 is 0 Å². The Bertz CT molecular complexity index is 242. The zero-order chi connectivity index (χ0) is 11.4. The molecule has 0 N–H and O–H groups in total. The van der Waals surface area contributed by atoms with Gasteiger partial charge in [0.1, 0.15) is 0 Å². The van der Waals surface area contributed by atoms with Crippen molar-refractivity contribution in [3.8, 4) is 0 Å². The third-order valence-electron chi connectivity index (χ3n) is 2.61. The van der Waals surface area contributed by atoms with Gasteiger partial charge in [-0.2, -0.15) is 0 Å². The van der Waals surface area contributed by atoms with Crippen LogP contribution in [-0.2, 0) is 14.3 Å². The van der Waals surface area contributed by atoms with Crippen molar-refractivity contribution in [2.45, 2.75) is 27.2 Å². The number of hydrogen-bond acceptors (Lipinski definition) is 3. The minimum Gasteiger partial charge on any atom is -0.459 e. The van der Waals surface area contributed by atoms with E-state index in [0.717, 1.165) is 6.42 Å². The number of likely N-dealkylation sites (tertiary alicyclic amines) is 1. The lowest BCUT2D eigenvalue weighted by Crippen LogP contribution is -2.46. The number of hydrogen-bond donors (Lipinski definition) is 0. The van der Waals surface area contributed by atoms with Crippen LogP contribution in [0, 0.1) is 11.8 Å². The predicted octanol–water partition coefficient (Wildman–Crippen LogP) is 1.05. The van der Waals surface area contributed by atoms with Crippen LogP contribution in [0.15, 0.2) is 0 Å². The van der Waals surface area contributed by atoms with Crippen molar-refractivity contribution in [1.29, 1.82) is 0 Å². The third kappa shape index (κ3) is 3.22. The normalized spacial score (nSPS) is 26.2. The fourth-order valence-corrected chi connectivity index (χ4v) is 2.15. The first-order chi connectivity index (χ1) is 7.04. The molecule has 1 aliphatic rings. The average molecular weight is 213 g/mol. The summed E-state index contributed by atoms with van der Waals surface area (Å²) in [5.74, 6) is -0.284. The summed E-state index contributed by atoms with van der Waals surface area (Å²) in [5, 5.41) is 0. The number of carbonyl (C=O) groups is 2. The topological polar surface area (TPSA) is 46.6 Å². The zero-order valence-corrected chi connectivity index (χ0v) is 9.66. The Hall–Kier alpha value is -1.06. The van der Waals surface area contributed by atoms with Crippen molar-refractivity contribution in [2.24, 2.45) is 11.8 Å². The van der Waals surface area contributed by atoms with Crippen LogP contribution in [0.1, 0.15) is 27.2 Å². The molecule has 86 valence electrons. The van der Waals surface area contributed by atoms with Gasteiger partial charge in [0.2, 0.25) is 0 Å². The summed E-state index contributed by atoms with van der Waals surface area (Å²) in [6.45, 7) is 7.49. The van der Waals surface area contributed by atoms with Gasteiger partial charge in [0, 0.05) is 13.1 Å². The largest absolute Gasteiger partial charge is 0.459 e. The molecule has 4 nitrogen and oxygen atoms in total. The van der Waals surface area contributed by atoms with Crippen molar-refractivity contribution in [3.63, 3.8) is 0 Å². The van der Waals surface area contributed by atoms with E-state index < -0.39 is 11.9 Å². The number of piperidine rings is 1. The van der Waals surface area contributed by atoms with Gasteiger partial charge < -0.3 is 9.64 Å². The number of ether oxygens (including phenoxy) is 1. The summed E-state index contributed by atoms with van der Waals surface area (Å²) in [6, 6.07) is 0. The second-order valence-corrected chi connectivity index (χ2v) is 4.38. The average Bonchev–Trinajstić information content (AvgIpc) is 2.15. The van der Waals surface area contributed by atoms with E-state index in [1.54, 1.807) is 11.8 Å². The van der Waals surface area contributed by atoms with E-state index in [2.05, 4.69) is 13.8 Å². The maximum atomic E-state index is 11.6. The van der Waals surface area contributed by atoms with Crippen LogP contribution in [0.3, 0.4) is 0 Å². The van der Waals surface area contributed by atoms with Crippen LogP contribution in [0.4, 0.5) is 0 Å². The number of amides is 1. The quantitative estimate of drug-likeness (QED) is 0.483. The Balaban J connectivity index is 2.55. The van der Waals surface area contributed by atoms with Crippen molar-refractivity contribution >= 4 is 11.9 Å². The molecule has 1 rings (SSSR count). The minimum atomic E-state index is -0.723. The summed E-state index contributed by atoms with van der Waals surface area (Å²) in [4.78, 5) is 24.5. The van der Waals surface area contributed by atoms with E-state index in [0.29, 0.717) is 24.9 Å². The SMILES string of the molecule is CCOC(=O)C(=O)N1C[C@@H](C)C[C@H](C)C1. The molecule has 15 heavy (non-hydrogen) atoms. The molecule has 1 fully saturated rings. The van der Waals surface area contributed by atoms with Gasteiger partial charge in [0.25, 0.3) is 0 Å². The molecule has 1 saturated heterocycles. The van der Waals surface area contributed by atoms with Gasteiger partial charge in [-0.3, -0.25) is 4.79 Å². The molecule has 0 aliphatic carbocycles. The number of carbonyl (C=O) groups excluding carboxylic acids is 2. The standard InChI is InChI=1S/C11H19NO3/c1-4-15-11(14)10(13)12-6-8(2)5-9(3)7-12/h8-9H,4-7H2,1-3H3/t8-,9-/m0/s1. The van der Waals surface area contributed by atoms with E-state index in [9.17, 15) is 9.59 Å². The van der Waals surface area contributed by atoms with Gasteiger partial charge in [-0.25, -0.2) is 4.79 Å². The molecule has 1 heterocycles. The molecule has 0 aromatic rings. The van der Waals surface area contributed by atoms with Crippen molar-refractivity contribution in [1.82, 2.24) is 4.90 Å². The Morgan fingerprint density at radius 2 is 1.80 bits per heavy atom. The molecule has 4 heteroatoms. The highest BCUT2D eigenvalue weighted by atomic mass is 16.5. The fourth-order valence-electron chi connectivity index (χ4n) is 2.15. The van der Waals surface area contributed by atoms with Gasteiger partial charge in [-0.05, 0) is 25.2 Å². The number of esters is 1. The summed E-state index contributed by atoms with van der Waals surface area (Å²) in [6.07, 6.45) is 1.12. The molecule has 0 spiro atoms. The zero-order valence-electron chi connectivity index (χ0n) is 9.66. The molecule has 1 amide bonds. The molecular weight excluding hydrogens is 194 g/mol. The van der Waals surface area contributed by atoms with E-state index >= 15 is 0 Å². The minimum absolute atomic E-state index is 0.253. The Labute approximate surface area is 90.6 Å². The highest BCUT2D eigenvalue weighted by Gasteiger charge is 2.29. The van der Waals surface area contributed by atoms with Crippen molar-refractivity contribution < 1.29 is 14.3 Å². The lowest BCUT2D eigenvalue weighted by molar-refractivity contribution is -0.161. The van der Waals surface area contributed by atoms with E-state index in [1.807, 2.05) is 0 Å². The van der Waals surface area contributed by atoms with Crippen LogP contribution >= 0.6 is 0 Å². The third-order valence-corrected chi connectivity index (χ3v) is 2.61. The van der Waals surface area contributed by atoms with Crippen LogP contribution in [-0.4, -0.2) is 36.5 Å². The summed E-state index contributed by atoms with van der Waals surface area (Å²) >= 11 is 0. The fraction of sp³-hybridized carbons (Fsp3) is 0.818. The second-order valence-electron chi connectivity index (χ2n) is 4.38. The Morgan fingerprint density at radius 1 is 1.27 bits per heavy atom. The van der Waals surface area contributed by atoms with Gasteiger partial charge in [0.05, 0.1) is 6.61 Å². The first kappa shape index (κ1) is 12.0.